The third-order valence-corrected chi connectivity index (χ3v) is 2.74. The van der Waals surface area contributed by atoms with Crippen LogP contribution in [0.2, 0.25) is 0 Å². The van der Waals surface area contributed by atoms with E-state index in [1.807, 2.05) is 30.3 Å². The van der Waals surface area contributed by atoms with Gasteiger partial charge in [-0.1, -0.05) is 30.3 Å². The van der Waals surface area contributed by atoms with Crippen molar-refractivity contribution in [2.45, 2.75) is 25.3 Å². The van der Waals surface area contributed by atoms with Gasteiger partial charge in [-0.05, 0) is 18.4 Å². The standard InChI is InChI=1S/C12H13NO3/c14-9-16-13-11(6-7-12(13)15)8-10-4-2-1-3-5-10/h1-5,9,11H,6-8H2. The van der Waals surface area contributed by atoms with Gasteiger partial charge in [-0.3, -0.25) is 9.59 Å². The van der Waals surface area contributed by atoms with Gasteiger partial charge in [0.2, 0.25) is 0 Å². The lowest BCUT2D eigenvalue weighted by molar-refractivity contribution is -0.188. The van der Waals surface area contributed by atoms with Gasteiger partial charge in [-0.15, -0.1) is 0 Å². The molecule has 1 aliphatic rings. The maximum absolute atomic E-state index is 11.4. The molecule has 0 radical (unpaired) electrons. The molecule has 0 N–H and O–H groups in total. The number of hydrogen-bond donors (Lipinski definition) is 0. The Kier molecular flexibility index (Phi) is 3.19. The molecule has 84 valence electrons. The second-order valence-electron chi connectivity index (χ2n) is 3.80. The third-order valence-electron chi connectivity index (χ3n) is 2.74. The number of nitrogens with zero attached hydrogens (tertiary/aromatic N) is 1. The van der Waals surface area contributed by atoms with E-state index in [1.165, 1.54) is 5.06 Å². The highest BCUT2D eigenvalue weighted by Gasteiger charge is 2.32. The summed E-state index contributed by atoms with van der Waals surface area (Å²) in [7, 11) is 0. The predicted molar refractivity (Wildman–Crippen MR) is 57.2 cm³/mol. The molecule has 4 heteroatoms. The lowest BCUT2D eigenvalue weighted by Crippen LogP contribution is -2.34. The van der Waals surface area contributed by atoms with Crippen molar-refractivity contribution in [3.05, 3.63) is 35.9 Å². The van der Waals surface area contributed by atoms with Crippen LogP contribution in [0.25, 0.3) is 0 Å². The molecule has 1 heterocycles. The average molecular weight is 219 g/mol. The van der Waals surface area contributed by atoms with Crippen LogP contribution in [0, 0.1) is 0 Å². The number of carbonyl (C=O) groups is 2. The van der Waals surface area contributed by atoms with Crippen LogP contribution in [0.15, 0.2) is 30.3 Å². The second kappa shape index (κ2) is 4.79. The van der Waals surface area contributed by atoms with Crippen LogP contribution in [0.3, 0.4) is 0 Å². The highest BCUT2D eigenvalue weighted by Crippen LogP contribution is 2.22. The molecule has 2 rings (SSSR count). The van der Waals surface area contributed by atoms with E-state index in [4.69, 9.17) is 4.84 Å². The fraction of sp³-hybridized carbons (Fsp3) is 0.333. The van der Waals surface area contributed by atoms with Gasteiger partial charge in [0.25, 0.3) is 5.91 Å². The van der Waals surface area contributed by atoms with Crippen molar-refractivity contribution in [1.29, 1.82) is 0 Å². The van der Waals surface area contributed by atoms with Crippen LogP contribution in [0.5, 0.6) is 0 Å². The van der Waals surface area contributed by atoms with Crippen molar-refractivity contribution in [2.24, 2.45) is 0 Å². The van der Waals surface area contributed by atoms with Crippen LogP contribution in [-0.4, -0.2) is 23.5 Å². The summed E-state index contributed by atoms with van der Waals surface area (Å²) in [5.74, 6) is -0.118. The quantitative estimate of drug-likeness (QED) is 0.717. The summed E-state index contributed by atoms with van der Waals surface area (Å²) in [4.78, 5) is 26.4. The molecule has 0 saturated carbocycles. The molecule has 1 aromatic rings. The van der Waals surface area contributed by atoms with Crippen LogP contribution in [-0.2, 0) is 20.8 Å². The number of rotatable bonds is 4. The summed E-state index contributed by atoms with van der Waals surface area (Å²) < 4.78 is 0. The SMILES string of the molecule is O=CON1C(=O)CCC1Cc1ccccc1. The summed E-state index contributed by atoms with van der Waals surface area (Å²) in [6, 6.07) is 9.83. The lowest BCUT2D eigenvalue weighted by atomic mass is 10.0. The maximum atomic E-state index is 11.4. The third kappa shape index (κ3) is 2.21. The van der Waals surface area contributed by atoms with Crippen LogP contribution >= 0.6 is 0 Å². The van der Waals surface area contributed by atoms with Crippen molar-refractivity contribution in [3.63, 3.8) is 0 Å². The molecule has 1 unspecified atom stereocenters. The molecule has 16 heavy (non-hydrogen) atoms. The molecule has 1 atom stereocenters. The van der Waals surface area contributed by atoms with Crippen molar-refractivity contribution in [2.75, 3.05) is 0 Å². The summed E-state index contributed by atoms with van der Waals surface area (Å²) in [6.45, 7) is 0.307. The first-order valence-electron chi connectivity index (χ1n) is 5.27. The van der Waals surface area contributed by atoms with E-state index in [-0.39, 0.29) is 11.9 Å². The van der Waals surface area contributed by atoms with E-state index in [2.05, 4.69) is 0 Å². The minimum Gasteiger partial charge on any atom is -0.341 e. The summed E-state index contributed by atoms with van der Waals surface area (Å²) in [5, 5.41) is 1.19. The molecule has 1 fully saturated rings. The van der Waals surface area contributed by atoms with Gasteiger partial charge in [-0.25, -0.2) is 0 Å². The Bertz CT molecular complexity index is 377. The van der Waals surface area contributed by atoms with Gasteiger partial charge in [0, 0.05) is 6.42 Å². The van der Waals surface area contributed by atoms with Gasteiger partial charge in [0.1, 0.15) is 0 Å². The summed E-state index contributed by atoms with van der Waals surface area (Å²) in [6.07, 6.45) is 1.91. The minimum absolute atomic E-state index is 0.0277. The first-order valence-corrected chi connectivity index (χ1v) is 5.27. The first-order chi connectivity index (χ1) is 7.81. The predicted octanol–water partition coefficient (Wildman–Crippen LogP) is 1.31. The normalized spacial score (nSPS) is 19.9. The Balaban J connectivity index is 2.04. The molecule has 1 aliphatic heterocycles. The van der Waals surface area contributed by atoms with Crippen molar-refractivity contribution < 1.29 is 14.4 Å². The summed E-state index contributed by atoms with van der Waals surface area (Å²) >= 11 is 0. The molecular formula is C12H13NO3. The molecule has 0 bridgehead atoms. The van der Waals surface area contributed by atoms with Gasteiger partial charge in [0.05, 0.1) is 6.04 Å². The fourth-order valence-electron chi connectivity index (χ4n) is 1.98. The Morgan fingerprint density at radius 2 is 2.12 bits per heavy atom. The topological polar surface area (TPSA) is 46.6 Å². The molecular weight excluding hydrogens is 206 g/mol. The van der Waals surface area contributed by atoms with E-state index in [0.29, 0.717) is 12.9 Å². The fourth-order valence-corrected chi connectivity index (χ4v) is 1.98. The number of carbonyl (C=O) groups excluding carboxylic acids is 2. The minimum atomic E-state index is -0.118. The van der Waals surface area contributed by atoms with E-state index < -0.39 is 0 Å². The van der Waals surface area contributed by atoms with Crippen molar-refractivity contribution >= 4 is 12.4 Å². The molecule has 4 nitrogen and oxygen atoms in total. The van der Waals surface area contributed by atoms with Crippen LogP contribution < -0.4 is 0 Å². The Morgan fingerprint density at radius 3 is 2.81 bits per heavy atom. The molecule has 1 saturated heterocycles. The van der Waals surface area contributed by atoms with Crippen molar-refractivity contribution in [3.8, 4) is 0 Å². The second-order valence-corrected chi connectivity index (χ2v) is 3.80. The Labute approximate surface area is 93.8 Å². The zero-order valence-corrected chi connectivity index (χ0v) is 8.83. The largest absolute Gasteiger partial charge is 0.341 e. The zero-order valence-electron chi connectivity index (χ0n) is 8.83. The van der Waals surface area contributed by atoms with E-state index in [0.717, 1.165) is 18.4 Å². The molecule has 1 aromatic carbocycles. The molecule has 0 aromatic heterocycles. The number of hydrogen-bond acceptors (Lipinski definition) is 3. The highest BCUT2D eigenvalue weighted by atomic mass is 16.7. The molecule has 0 spiro atoms. The monoisotopic (exact) mass is 219 g/mol. The average Bonchev–Trinajstić information content (AvgIpc) is 2.64. The maximum Gasteiger partial charge on any atom is 0.320 e. The van der Waals surface area contributed by atoms with Crippen LogP contribution in [0.4, 0.5) is 0 Å². The first kappa shape index (κ1) is 10.7. The Morgan fingerprint density at radius 1 is 1.38 bits per heavy atom. The van der Waals surface area contributed by atoms with E-state index in [9.17, 15) is 9.59 Å². The van der Waals surface area contributed by atoms with Gasteiger partial charge in [-0.2, -0.15) is 5.06 Å². The highest BCUT2D eigenvalue weighted by molar-refractivity contribution is 5.78. The van der Waals surface area contributed by atoms with E-state index in [1.54, 1.807) is 0 Å². The number of hydroxylamine groups is 2. The van der Waals surface area contributed by atoms with Gasteiger partial charge >= 0.3 is 6.47 Å². The zero-order chi connectivity index (χ0) is 11.4. The van der Waals surface area contributed by atoms with E-state index >= 15 is 0 Å². The van der Waals surface area contributed by atoms with Gasteiger partial charge in [0.15, 0.2) is 0 Å². The molecule has 1 amide bonds. The molecule has 0 aliphatic carbocycles. The van der Waals surface area contributed by atoms with Gasteiger partial charge < -0.3 is 4.84 Å². The Hall–Kier alpha value is -1.84. The summed E-state index contributed by atoms with van der Waals surface area (Å²) in [5.41, 5.74) is 1.14. The lowest BCUT2D eigenvalue weighted by Gasteiger charge is -2.20. The van der Waals surface area contributed by atoms with Crippen molar-refractivity contribution in [1.82, 2.24) is 5.06 Å². The van der Waals surface area contributed by atoms with Crippen LogP contribution in [0.1, 0.15) is 18.4 Å². The smallest absolute Gasteiger partial charge is 0.320 e. The number of amides is 1. The number of benzene rings is 1.